The molecule has 17 heavy (non-hydrogen) atoms. The lowest BCUT2D eigenvalue weighted by atomic mass is 10.3. The fourth-order valence-corrected chi connectivity index (χ4v) is 3.16. The molecule has 0 radical (unpaired) electrons. The third-order valence-electron chi connectivity index (χ3n) is 2.65. The van der Waals surface area contributed by atoms with Gasteiger partial charge in [0, 0.05) is 13.1 Å². The third-order valence-corrected chi connectivity index (χ3v) is 4.53. The highest BCUT2D eigenvalue weighted by Gasteiger charge is 2.25. The molecule has 1 aromatic rings. The van der Waals surface area contributed by atoms with Gasteiger partial charge in [-0.15, -0.1) is 0 Å². The van der Waals surface area contributed by atoms with Crippen molar-refractivity contribution in [2.75, 3.05) is 23.5 Å². The molecule has 1 saturated heterocycles. The van der Waals surface area contributed by atoms with E-state index in [2.05, 4.69) is 4.72 Å². The monoisotopic (exact) mass is 275 g/mol. The molecule has 0 aliphatic carbocycles. The standard InChI is InChI=1S/C10H14ClN3O2S/c11-9-4-3-8(7-10(9)12)13-17(15,16)14-5-1-2-6-14/h3-4,7,13H,1-2,5-6,12H2. The Labute approximate surface area is 106 Å². The van der Waals surface area contributed by atoms with E-state index in [1.54, 1.807) is 12.1 Å². The smallest absolute Gasteiger partial charge is 0.301 e. The van der Waals surface area contributed by atoms with Crippen LogP contribution in [0.5, 0.6) is 0 Å². The van der Waals surface area contributed by atoms with Crippen LogP contribution in [0, 0.1) is 0 Å². The zero-order chi connectivity index (χ0) is 12.5. The summed E-state index contributed by atoms with van der Waals surface area (Å²) in [4.78, 5) is 0. The van der Waals surface area contributed by atoms with Crippen LogP contribution in [0.15, 0.2) is 18.2 Å². The van der Waals surface area contributed by atoms with Gasteiger partial charge in [0.2, 0.25) is 0 Å². The first kappa shape index (κ1) is 12.5. The van der Waals surface area contributed by atoms with Gasteiger partial charge in [-0.1, -0.05) is 11.6 Å². The van der Waals surface area contributed by atoms with Gasteiger partial charge in [0.1, 0.15) is 0 Å². The van der Waals surface area contributed by atoms with Crippen molar-refractivity contribution in [2.24, 2.45) is 0 Å². The van der Waals surface area contributed by atoms with Gasteiger partial charge < -0.3 is 5.73 Å². The van der Waals surface area contributed by atoms with Crippen molar-refractivity contribution in [3.63, 3.8) is 0 Å². The molecule has 0 spiro atoms. The number of nitrogens with two attached hydrogens (primary N) is 1. The number of nitrogens with zero attached hydrogens (tertiary/aromatic N) is 1. The van der Waals surface area contributed by atoms with Crippen LogP contribution in [0.25, 0.3) is 0 Å². The first-order chi connectivity index (χ1) is 7.99. The zero-order valence-corrected chi connectivity index (χ0v) is 10.8. The van der Waals surface area contributed by atoms with E-state index < -0.39 is 10.2 Å². The second kappa shape index (κ2) is 4.72. The predicted molar refractivity (Wildman–Crippen MR) is 69.2 cm³/mol. The molecule has 5 nitrogen and oxygen atoms in total. The lowest BCUT2D eigenvalue weighted by molar-refractivity contribution is 0.482. The molecule has 1 aliphatic heterocycles. The number of hydrogen-bond acceptors (Lipinski definition) is 3. The van der Waals surface area contributed by atoms with Gasteiger partial charge in [0.25, 0.3) is 0 Å². The van der Waals surface area contributed by atoms with Gasteiger partial charge in [-0.05, 0) is 31.0 Å². The number of hydrogen-bond donors (Lipinski definition) is 2. The van der Waals surface area contributed by atoms with Crippen LogP contribution in [0.2, 0.25) is 5.02 Å². The van der Waals surface area contributed by atoms with Crippen molar-refractivity contribution in [1.82, 2.24) is 4.31 Å². The summed E-state index contributed by atoms with van der Waals surface area (Å²) in [6, 6.07) is 4.67. The Morgan fingerprint density at radius 1 is 1.29 bits per heavy atom. The van der Waals surface area contributed by atoms with E-state index in [0.29, 0.717) is 29.5 Å². The van der Waals surface area contributed by atoms with Gasteiger partial charge in [0.15, 0.2) is 0 Å². The Morgan fingerprint density at radius 2 is 1.94 bits per heavy atom. The van der Waals surface area contributed by atoms with Gasteiger partial charge in [0.05, 0.1) is 16.4 Å². The van der Waals surface area contributed by atoms with Gasteiger partial charge in [-0.3, -0.25) is 4.72 Å². The minimum atomic E-state index is -3.46. The Kier molecular flexibility index (Phi) is 3.46. The molecule has 0 atom stereocenters. The van der Waals surface area contributed by atoms with Crippen LogP contribution in [-0.4, -0.2) is 25.8 Å². The van der Waals surface area contributed by atoms with Crippen LogP contribution in [0.3, 0.4) is 0 Å². The van der Waals surface area contributed by atoms with Crippen molar-refractivity contribution >= 4 is 33.2 Å². The summed E-state index contributed by atoms with van der Waals surface area (Å²) in [5.41, 5.74) is 6.40. The largest absolute Gasteiger partial charge is 0.397 e. The molecule has 1 fully saturated rings. The fourth-order valence-electron chi connectivity index (χ4n) is 1.75. The van der Waals surface area contributed by atoms with E-state index in [9.17, 15) is 8.42 Å². The maximum Gasteiger partial charge on any atom is 0.301 e. The quantitative estimate of drug-likeness (QED) is 0.824. The average molecular weight is 276 g/mol. The summed E-state index contributed by atoms with van der Waals surface area (Å²) < 4.78 is 27.8. The minimum Gasteiger partial charge on any atom is -0.397 e. The molecule has 0 unspecified atom stereocenters. The van der Waals surface area contributed by atoms with Crippen molar-refractivity contribution in [3.8, 4) is 0 Å². The molecule has 2 rings (SSSR count). The Bertz CT molecular complexity index is 512. The van der Waals surface area contributed by atoms with Gasteiger partial charge in [-0.2, -0.15) is 12.7 Å². The number of rotatable bonds is 3. The van der Waals surface area contributed by atoms with Crippen molar-refractivity contribution < 1.29 is 8.42 Å². The van der Waals surface area contributed by atoms with E-state index in [0.717, 1.165) is 12.8 Å². The summed E-state index contributed by atoms with van der Waals surface area (Å²) >= 11 is 5.77. The normalized spacial score (nSPS) is 17.2. The Balaban J connectivity index is 2.17. The maximum absolute atomic E-state index is 11.9. The number of nitrogens with one attached hydrogen (secondary N) is 1. The highest BCUT2D eigenvalue weighted by atomic mass is 35.5. The highest BCUT2D eigenvalue weighted by molar-refractivity contribution is 7.90. The first-order valence-corrected chi connectivity index (χ1v) is 7.14. The van der Waals surface area contributed by atoms with E-state index in [-0.39, 0.29) is 0 Å². The van der Waals surface area contributed by atoms with Crippen molar-refractivity contribution in [1.29, 1.82) is 0 Å². The lowest BCUT2D eigenvalue weighted by Gasteiger charge is -2.17. The second-order valence-electron chi connectivity index (χ2n) is 3.95. The molecule has 94 valence electrons. The highest BCUT2D eigenvalue weighted by Crippen LogP contribution is 2.24. The first-order valence-electron chi connectivity index (χ1n) is 5.32. The topological polar surface area (TPSA) is 75.4 Å². The molecular weight excluding hydrogens is 262 g/mol. The van der Waals surface area contributed by atoms with Crippen LogP contribution in [0.1, 0.15) is 12.8 Å². The Hall–Kier alpha value is -0.980. The summed E-state index contributed by atoms with van der Waals surface area (Å²) in [5.74, 6) is 0. The molecule has 3 N–H and O–H groups in total. The zero-order valence-electron chi connectivity index (χ0n) is 9.19. The molecule has 1 heterocycles. The minimum absolute atomic E-state index is 0.355. The predicted octanol–water partition coefficient (Wildman–Crippen LogP) is 1.67. The van der Waals surface area contributed by atoms with Gasteiger partial charge >= 0.3 is 10.2 Å². The molecule has 1 aliphatic rings. The van der Waals surface area contributed by atoms with E-state index in [4.69, 9.17) is 17.3 Å². The maximum atomic E-state index is 11.9. The third kappa shape index (κ3) is 2.83. The molecule has 1 aromatic carbocycles. The van der Waals surface area contributed by atoms with Crippen LogP contribution in [-0.2, 0) is 10.2 Å². The van der Waals surface area contributed by atoms with Crippen molar-refractivity contribution in [3.05, 3.63) is 23.2 Å². The molecule has 7 heteroatoms. The lowest BCUT2D eigenvalue weighted by Crippen LogP contribution is -2.33. The molecule has 0 saturated carbocycles. The van der Waals surface area contributed by atoms with Crippen LogP contribution in [0.4, 0.5) is 11.4 Å². The summed E-state index contributed by atoms with van der Waals surface area (Å²) in [7, 11) is -3.46. The summed E-state index contributed by atoms with van der Waals surface area (Å²) in [6.07, 6.45) is 1.81. The Morgan fingerprint density at radius 3 is 2.53 bits per heavy atom. The summed E-state index contributed by atoms with van der Waals surface area (Å²) in [6.45, 7) is 1.14. The second-order valence-corrected chi connectivity index (χ2v) is 6.03. The molecule has 0 amide bonds. The van der Waals surface area contributed by atoms with E-state index in [1.165, 1.54) is 10.4 Å². The molecular formula is C10H14ClN3O2S. The number of anilines is 2. The van der Waals surface area contributed by atoms with Crippen LogP contribution < -0.4 is 10.5 Å². The van der Waals surface area contributed by atoms with E-state index in [1.807, 2.05) is 0 Å². The van der Waals surface area contributed by atoms with Crippen molar-refractivity contribution in [2.45, 2.75) is 12.8 Å². The molecule has 0 bridgehead atoms. The fraction of sp³-hybridized carbons (Fsp3) is 0.400. The SMILES string of the molecule is Nc1cc(NS(=O)(=O)N2CCCC2)ccc1Cl. The van der Waals surface area contributed by atoms with Crippen LogP contribution >= 0.6 is 11.6 Å². The van der Waals surface area contributed by atoms with E-state index >= 15 is 0 Å². The van der Waals surface area contributed by atoms with Gasteiger partial charge in [-0.25, -0.2) is 0 Å². The number of halogens is 1. The molecule has 0 aromatic heterocycles. The number of nitrogen functional groups attached to an aromatic ring is 1. The average Bonchev–Trinajstić information content (AvgIpc) is 2.77. The number of benzene rings is 1. The summed E-state index contributed by atoms with van der Waals surface area (Å²) in [5, 5.41) is 0.411.